The summed E-state index contributed by atoms with van der Waals surface area (Å²) in [6.07, 6.45) is 4.00. The van der Waals surface area contributed by atoms with E-state index in [1.54, 1.807) is 24.3 Å². The number of carbonyl (C=O) groups excluding carboxylic acids is 2. The molecule has 0 spiro atoms. The van der Waals surface area contributed by atoms with Crippen LogP contribution in [-0.4, -0.2) is 29.3 Å². The van der Waals surface area contributed by atoms with Crippen molar-refractivity contribution in [1.82, 2.24) is 4.90 Å². The van der Waals surface area contributed by atoms with E-state index in [1.165, 1.54) is 4.90 Å². The van der Waals surface area contributed by atoms with Gasteiger partial charge in [-0.25, -0.2) is 0 Å². The fourth-order valence-electron chi connectivity index (χ4n) is 3.03. The second-order valence-corrected chi connectivity index (χ2v) is 5.55. The maximum Gasteiger partial charge on any atom is 0.261 e. The van der Waals surface area contributed by atoms with E-state index < -0.39 is 0 Å². The Morgan fingerprint density at radius 1 is 1.00 bits per heavy atom. The van der Waals surface area contributed by atoms with Gasteiger partial charge >= 0.3 is 0 Å². The highest BCUT2D eigenvalue weighted by atomic mass is 16.2. The van der Waals surface area contributed by atoms with Crippen LogP contribution < -0.4 is 5.73 Å². The molecule has 0 unspecified atom stereocenters. The molecule has 2 aliphatic rings. The number of benzene rings is 1. The number of rotatable bonds is 2. The van der Waals surface area contributed by atoms with Gasteiger partial charge in [0.15, 0.2) is 0 Å². The van der Waals surface area contributed by atoms with Crippen molar-refractivity contribution in [3.63, 3.8) is 0 Å². The topological polar surface area (TPSA) is 63.4 Å². The Morgan fingerprint density at radius 2 is 1.53 bits per heavy atom. The number of nitrogens with zero attached hydrogens (tertiary/aromatic N) is 1. The van der Waals surface area contributed by atoms with Crippen molar-refractivity contribution in [2.24, 2.45) is 11.7 Å². The Hall–Kier alpha value is -1.68. The van der Waals surface area contributed by atoms with Gasteiger partial charge in [-0.3, -0.25) is 14.5 Å². The van der Waals surface area contributed by atoms with Crippen LogP contribution in [0.1, 0.15) is 46.4 Å². The predicted octanol–water partition coefficient (Wildman–Crippen LogP) is 1.80. The van der Waals surface area contributed by atoms with Crippen LogP contribution in [0, 0.1) is 5.92 Å². The van der Waals surface area contributed by atoms with Crippen LogP contribution in [0.15, 0.2) is 24.3 Å². The molecule has 0 bridgehead atoms. The summed E-state index contributed by atoms with van der Waals surface area (Å²) in [6, 6.07) is 7.34. The number of hydrogen-bond donors (Lipinski definition) is 1. The fraction of sp³-hybridized carbons (Fsp3) is 0.467. The fourth-order valence-corrected chi connectivity index (χ4v) is 3.03. The SMILES string of the molecule is N[C@H]1CC[C@@H](CN2C(=O)c3ccccc3C2=O)CC1. The highest BCUT2D eigenvalue weighted by molar-refractivity contribution is 6.21. The zero-order valence-corrected chi connectivity index (χ0v) is 10.8. The molecule has 4 heteroatoms. The molecule has 0 saturated heterocycles. The molecule has 0 radical (unpaired) electrons. The van der Waals surface area contributed by atoms with E-state index >= 15 is 0 Å². The largest absolute Gasteiger partial charge is 0.328 e. The smallest absolute Gasteiger partial charge is 0.261 e. The third kappa shape index (κ3) is 2.16. The van der Waals surface area contributed by atoms with Crippen molar-refractivity contribution >= 4 is 11.8 Å². The van der Waals surface area contributed by atoms with Gasteiger partial charge in [0.05, 0.1) is 11.1 Å². The average molecular weight is 258 g/mol. The molecule has 1 fully saturated rings. The van der Waals surface area contributed by atoms with E-state index in [0.717, 1.165) is 25.7 Å². The summed E-state index contributed by atoms with van der Waals surface area (Å²) in [4.78, 5) is 25.9. The first-order chi connectivity index (χ1) is 9.16. The van der Waals surface area contributed by atoms with Crippen LogP contribution in [0.25, 0.3) is 0 Å². The number of fused-ring (bicyclic) bond motifs is 1. The number of hydrogen-bond acceptors (Lipinski definition) is 3. The highest BCUT2D eigenvalue weighted by Gasteiger charge is 2.36. The lowest BCUT2D eigenvalue weighted by Gasteiger charge is -2.28. The van der Waals surface area contributed by atoms with Crippen molar-refractivity contribution in [1.29, 1.82) is 0 Å². The maximum absolute atomic E-state index is 12.2. The summed E-state index contributed by atoms with van der Waals surface area (Å²) in [6.45, 7) is 0.541. The minimum absolute atomic E-state index is 0.143. The van der Waals surface area contributed by atoms with E-state index in [2.05, 4.69) is 0 Å². The monoisotopic (exact) mass is 258 g/mol. The quantitative estimate of drug-likeness (QED) is 0.823. The maximum atomic E-state index is 12.2. The van der Waals surface area contributed by atoms with E-state index in [1.807, 2.05) is 0 Å². The van der Waals surface area contributed by atoms with Crippen molar-refractivity contribution in [3.05, 3.63) is 35.4 Å². The minimum Gasteiger partial charge on any atom is -0.328 e. The summed E-state index contributed by atoms with van der Waals surface area (Å²) in [7, 11) is 0. The molecule has 100 valence electrons. The lowest BCUT2D eigenvalue weighted by molar-refractivity contribution is 0.0615. The molecule has 1 saturated carbocycles. The normalized spacial score (nSPS) is 26.7. The molecule has 1 aromatic carbocycles. The number of amides is 2. The van der Waals surface area contributed by atoms with Crippen LogP contribution in [0.2, 0.25) is 0 Å². The molecule has 1 aromatic rings. The van der Waals surface area contributed by atoms with Crippen LogP contribution in [-0.2, 0) is 0 Å². The molecule has 1 aliphatic carbocycles. The van der Waals surface area contributed by atoms with Crippen LogP contribution in [0.5, 0.6) is 0 Å². The average Bonchev–Trinajstić information content (AvgIpc) is 2.67. The van der Waals surface area contributed by atoms with Gasteiger partial charge in [0, 0.05) is 12.6 Å². The van der Waals surface area contributed by atoms with Gasteiger partial charge in [-0.2, -0.15) is 0 Å². The first-order valence-corrected chi connectivity index (χ1v) is 6.87. The van der Waals surface area contributed by atoms with Gasteiger partial charge in [-0.15, -0.1) is 0 Å². The van der Waals surface area contributed by atoms with Crippen molar-refractivity contribution < 1.29 is 9.59 Å². The first-order valence-electron chi connectivity index (χ1n) is 6.87. The minimum atomic E-state index is -0.143. The standard InChI is InChI=1S/C15H18N2O2/c16-11-7-5-10(6-8-11)9-17-14(18)12-3-1-2-4-13(12)15(17)19/h1-4,10-11H,5-9,16H2/t10-,11+. The van der Waals surface area contributed by atoms with Gasteiger partial charge < -0.3 is 5.73 Å². The summed E-state index contributed by atoms with van der Waals surface area (Å²) in [5, 5.41) is 0. The Bertz CT molecular complexity index is 484. The van der Waals surface area contributed by atoms with E-state index in [9.17, 15) is 9.59 Å². The Morgan fingerprint density at radius 3 is 2.05 bits per heavy atom. The zero-order valence-electron chi connectivity index (χ0n) is 10.8. The summed E-state index contributed by atoms with van der Waals surface area (Å²) < 4.78 is 0. The molecule has 0 aromatic heterocycles. The molecule has 2 N–H and O–H groups in total. The van der Waals surface area contributed by atoms with Crippen LogP contribution >= 0.6 is 0 Å². The van der Waals surface area contributed by atoms with Gasteiger partial charge in [0.1, 0.15) is 0 Å². The molecule has 2 amide bonds. The van der Waals surface area contributed by atoms with Crippen LogP contribution in [0.4, 0.5) is 0 Å². The highest BCUT2D eigenvalue weighted by Crippen LogP contribution is 2.28. The number of imide groups is 1. The number of nitrogens with two attached hydrogens (primary N) is 1. The lowest BCUT2D eigenvalue weighted by atomic mass is 9.86. The summed E-state index contributed by atoms with van der Waals surface area (Å²) >= 11 is 0. The molecule has 3 rings (SSSR count). The second kappa shape index (κ2) is 4.78. The Labute approximate surface area is 112 Å². The molecular formula is C15H18N2O2. The van der Waals surface area contributed by atoms with Gasteiger partial charge in [0.25, 0.3) is 11.8 Å². The third-order valence-electron chi connectivity index (χ3n) is 4.21. The van der Waals surface area contributed by atoms with E-state index in [0.29, 0.717) is 29.6 Å². The lowest BCUT2D eigenvalue weighted by Crippen LogP contribution is -2.37. The van der Waals surface area contributed by atoms with Crippen molar-refractivity contribution in [3.8, 4) is 0 Å². The van der Waals surface area contributed by atoms with Gasteiger partial charge in [-0.05, 0) is 43.7 Å². The Balaban J connectivity index is 1.74. The number of carbonyl (C=O) groups is 2. The van der Waals surface area contributed by atoms with Crippen molar-refractivity contribution in [2.75, 3.05) is 6.54 Å². The Kier molecular flexibility index (Phi) is 3.11. The van der Waals surface area contributed by atoms with Gasteiger partial charge in [-0.1, -0.05) is 12.1 Å². The first kappa shape index (κ1) is 12.4. The van der Waals surface area contributed by atoms with E-state index in [4.69, 9.17) is 5.73 Å². The summed E-state index contributed by atoms with van der Waals surface area (Å²) in [5.74, 6) is 0.118. The third-order valence-corrected chi connectivity index (χ3v) is 4.21. The molecule has 1 aliphatic heterocycles. The molecular weight excluding hydrogens is 240 g/mol. The predicted molar refractivity (Wildman–Crippen MR) is 71.7 cm³/mol. The van der Waals surface area contributed by atoms with Gasteiger partial charge in [0.2, 0.25) is 0 Å². The molecule has 1 heterocycles. The molecule has 19 heavy (non-hydrogen) atoms. The second-order valence-electron chi connectivity index (χ2n) is 5.55. The molecule has 4 nitrogen and oxygen atoms in total. The molecule has 0 atom stereocenters. The summed E-state index contributed by atoms with van der Waals surface area (Å²) in [5.41, 5.74) is 6.96. The van der Waals surface area contributed by atoms with Crippen molar-refractivity contribution in [2.45, 2.75) is 31.7 Å². The zero-order chi connectivity index (χ0) is 13.4. The van der Waals surface area contributed by atoms with E-state index in [-0.39, 0.29) is 11.8 Å². The van der Waals surface area contributed by atoms with Crippen LogP contribution in [0.3, 0.4) is 0 Å².